The fraction of sp³-hybridized carbons (Fsp3) is 0.211. The number of aryl methyl sites for hydroxylation is 1. The smallest absolute Gasteiger partial charge is 0.330 e. The van der Waals surface area contributed by atoms with Gasteiger partial charge in [0.05, 0.1) is 6.61 Å². The van der Waals surface area contributed by atoms with Gasteiger partial charge in [-0.3, -0.25) is 0 Å². The molecule has 0 aliphatic rings. The summed E-state index contributed by atoms with van der Waals surface area (Å²) in [6.45, 7) is 4.11. The molecule has 2 aromatic carbocycles. The van der Waals surface area contributed by atoms with Crippen LogP contribution in [0.4, 0.5) is 4.39 Å². The van der Waals surface area contributed by atoms with Crippen molar-refractivity contribution < 1.29 is 13.9 Å². The van der Waals surface area contributed by atoms with Crippen molar-refractivity contribution in [2.45, 2.75) is 20.3 Å². The largest absolute Gasteiger partial charge is 0.463 e. The second-order valence-electron chi connectivity index (χ2n) is 5.08. The van der Waals surface area contributed by atoms with E-state index in [0.717, 1.165) is 22.3 Å². The van der Waals surface area contributed by atoms with Crippen molar-refractivity contribution in [2.24, 2.45) is 0 Å². The molecule has 0 aliphatic carbocycles. The van der Waals surface area contributed by atoms with Gasteiger partial charge in [-0.05, 0) is 60.7 Å². The molecule has 0 amide bonds. The summed E-state index contributed by atoms with van der Waals surface area (Å²) in [7, 11) is 0. The van der Waals surface area contributed by atoms with Crippen LogP contribution in [0.5, 0.6) is 0 Å². The highest BCUT2D eigenvalue weighted by Crippen LogP contribution is 2.17. The third kappa shape index (κ3) is 4.55. The third-order valence-electron chi connectivity index (χ3n) is 3.36. The van der Waals surface area contributed by atoms with Gasteiger partial charge < -0.3 is 4.74 Å². The first-order chi connectivity index (χ1) is 10.6. The second-order valence-corrected chi connectivity index (χ2v) is 5.08. The Bertz CT molecular complexity index is 690. The lowest BCUT2D eigenvalue weighted by molar-refractivity contribution is -0.137. The maximum absolute atomic E-state index is 13.3. The Hall–Kier alpha value is -2.42. The van der Waals surface area contributed by atoms with E-state index in [1.165, 1.54) is 12.1 Å². The molecule has 0 heterocycles. The molecule has 0 atom stereocenters. The lowest BCUT2D eigenvalue weighted by Gasteiger charge is -2.07. The lowest BCUT2D eigenvalue weighted by atomic mass is 9.99. The highest BCUT2D eigenvalue weighted by molar-refractivity contribution is 5.87. The normalized spacial score (nSPS) is 10.9. The number of rotatable bonds is 5. The van der Waals surface area contributed by atoms with E-state index < -0.39 is 0 Å². The van der Waals surface area contributed by atoms with Crippen LogP contribution in [0, 0.1) is 12.7 Å². The van der Waals surface area contributed by atoms with Crippen molar-refractivity contribution >= 4 is 12.0 Å². The van der Waals surface area contributed by atoms with Crippen molar-refractivity contribution in [2.75, 3.05) is 6.61 Å². The topological polar surface area (TPSA) is 26.3 Å². The number of halogens is 1. The first kappa shape index (κ1) is 16.0. The van der Waals surface area contributed by atoms with E-state index in [1.807, 2.05) is 31.2 Å². The number of carbonyl (C=O) groups excluding carboxylic acids is 1. The highest BCUT2D eigenvalue weighted by atomic mass is 19.1. The zero-order valence-electron chi connectivity index (χ0n) is 12.8. The zero-order valence-corrected chi connectivity index (χ0v) is 12.8. The van der Waals surface area contributed by atoms with Crippen LogP contribution in [0.25, 0.3) is 6.08 Å². The molecule has 0 aromatic heterocycles. The van der Waals surface area contributed by atoms with Crippen molar-refractivity contribution in [3.05, 3.63) is 76.6 Å². The van der Waals surface area contributed by atoms with Crippen molar-refractivity contribution in [1.29, 1.82) is 0 Å². The van der Waals surface area contributed by atoms with Crippen LogP contribution in [-0.4, -0.2) is 12.6 Å². The maximum Gasteiger partial charge on any atom is 0.330 e. The van der Waals surface area contributed by atoms with E-state index in [1.54, 1.807) is 25.1 Å². The molecule has 0 aliphatic heterocycles. The maximum atomic E-state index is 13.3. The molecule has 22 heavy (non-hydrogen) atoms. The molecule has 2 rings (SSSR count). The molecular weight excluding hydrogens is 279 g/mol. The number of benzene rings is 2. The monoisotopic (exact) mass is 298 g/mol. The Kier molecular flexibility index (Phi) is 5.48. The summed E-state index contributed by atoms with van der Waals surface area (Å²) in [5, 5.41) is 0. The van der Waals surface area contributed by atoms with Gasteiger partial charge in [-0.1, -0.05) is 30.3 Å². The summed E-state index contributed by atoms with van der Waals surface area (Å²) in [4.78, 5) is 11.3. The van der Waals surface area contributed by atoms with E-state index in [0.29, 0.717) is 13.0 Å². The van der Waals surface area contributed by atoms with Crippen LogP contribution < -0.4 is 0 Å². The molecule has 0 unspecified atom stereocenters. The molecule has 0 bridgehead atoms. The fourth-order valence-corrected chi connectivity index (χ4v) is 2.21. The second kappa shape index (κ2) is 7.55. The molecule has 0 saturated carbocycles. The molecule has 0 fully saturated rings. The van der Waals surface area contributed by atoms with Crippen LogP contribution in [0.15, 0.2) is 48.5 Å². The van der Waals surface area contributed by atoms with Crippen LogP contribution in [0.1, 0.15) is 29.2 Å². The standard InChI is InChI=1S/C19H19FO2/c1-3-22-19(21)10-8-15-5-4-6-16(11-15)12-17-13-18(20)9-7-14(17)2/h4-11,13H,3,12H2,1-2H3/b10-8+. The molecule has 0 saturated heterocycles. The Morgan fingerprint density at radius 2 is 2.05 bits per heavy atom. The quantitative estimate of drug-likeness (QED) is 0.607. The molecule has 0 spiro atoms. The van der Waals surface area contributed by atoms with Gasteiger partial charge >= 0.3 is 5.97 Å². The van der Waals surface area contributed by atoms with Gasteiger partial charge in [0.2, 0.25) is 0 Å². The Morgan fingerprint density at radius 1 is 1.23 bits per heavy atom. The van der Waals surface area contributed by atoms with Gasteiger partial charge in [0, 0.05) is 6.08 Å². The molecule has 2 nitrogen and oxygen atoms in total. The van der Waals surface area contributed by atoms with E-state index in [9.17, 15) is 9.18 Å². The van der Waals surface area contributed by atoms with Gasteiger partial charge in [-0.2, -0.15) is 0 Å². The predicted molar refractivity (Wildman–Crippen MR) is 86.1 cm³/mol. The Morgan fingerprint density at radius 3 is 2.82 bits per heavy atom. The van der Waals surface area contributed by atoms with Gasteiger partial charge in [0.1, 0.15) is 5.82 Å². The van der Waals surface area contributed by atoms with Crippen LogP contribution in [0.2, 0.25) is 0 Å². The molecule has 0 radical (unpaired) electrons. The van der Waals surface area contributed by atoms with E-state index in [2.05, 4.69) is 0 Å². The van der Waals surface area contributed by atoms with Gasteiger partial charge in [-0.15, -0.1) is 0 Å². The highest BCUT2D eigenvalue weighted by Gasteiger charge is 2.03. The van der Waals surface area contributed by atoms with Crippen LogP contribution >= 0.6 is 0 Å². The predicted octanol–water partition coefficient (Wildman–Crippen LogP) is 4.30. The minimum atomic E-state index is -0.353. The molecule has 3 heteroatoms. The Balaban J connectivity index is 2.15. The summed E-state index contributed by atoms with van der Waals surface area (Å²) in [5.74, 6) is -0.576. The molecule has 2 aromatic rings. The van der Waals surface area contributed by atoms with E-state index in [-0.39, 0.29) is 11.8 Å². The summed E-state index contributed by atoms with van der Waals surface area (Å²) in [6, 6.07) is 12.6. The third-order valence-corrected chi connectivity index (χ3v) is 3.36. The zero-order chi connectivity index (χ0) is 15.9. The van der Waals surface area contributed by atoms with E-state index in [4.69, 9.17) is 4.74 Å². The lowest BCUT2D eigenvalue weighted by Crippen LogP contribution is -1.98. The SMILES string of the molecule is CCOC(=O)/C=C/c1cccc(Cc2cc(F)ccc2C)c1. The molecule has 0 N–H and O–H groups in total. The van der Waals surface area contributed by atoms with Crippen molar-refractivity contribution in [3.63, 3.8) is 0 Å². The number of hydrogen-bond donors (Lipinski definition) is 0. The first-order valence-electron chi connectivity index (χ1n) is 7.27. The minimum absolute atomic E-state index is 0.223. The summed E-state index contributed by atoms with van der Waals surface area (Å²) >= 11 is 0. The Labute approximate surface area is 130 Å². The van der Waals surface area contributed by atoms with E-state index >= 15 is 0 Å². The first-order valence-corrected chi connectivity index (χ1v) is 7.27. The van der Waals surface area contributed by atoms with Gasteiger partial charge in [0.25, 0.3) is 0 Å². The van der Waals surface area contributed by atoms with Gasteiger partial charge in [0.15, 0.2) is 0 Å². The number of carbonyl (C=O) groups is 1. The van der Waals surface area contributed by atoms with Gasteiger partial charge in [-0.25, -0.2) is 9.18 Å². The minimum Gasteiger partial charge on any atom is -0.463 e. The van der Waals surface area contributed by atoms with Crippen molar-refractivity contribution in [1.82, 2.24) is 0 Å². The summed E-state index contributed by atoms with van der Waals surface area (Å²) in [5.41, 5.74) is 4.01. The number of esters is 1. The number of hydrogen-bond acceptors (Lipinski definition) is 2. The molecular formula is C19H19FO2. The average Bonchev–Trinajstić information content (AvgIpc) is 2.50. The number of ether oxygens (including phenoxy) is 1. The molecule has 114 valence electrons. The summed E-state index contributed by atoms with van der Waals surface area (Å²) < 4.78 is 18.2. The van der Waals surface area contributed by atoms with Crippen LogP contribution in [-0.2, 0) is 16.0 Å². The average molecular weight is 298 g/mol. The van der Waals surface area contributed by atoms with Crippen LogP contribution in [0.3, 0.4) is 0 Å². The fourth-order valence-electron chi connectivity index (χ4n) is 2.21. The van der Waals surface area contributed by atoms with Crippen molar-refractivity contribution in [3.8, 4) is 0 Å². The summed E-state index contributed by atoms with van der Waals surface area (Å²) in [6.07, 6.45) is 3.79.